The number of aliphatic carboxylic acids is 1. The van der Waals surface area contributed by atoms with Crippen LogP contribution in [0.3, 0.4) is 0 Å². The Balaban J connectivity index is 2.28. The third kappa shape index (κ3) is 7.70. The van der Waals surface area contributed by atoms with E-state index >= 15 is 0 Å². The van der Waals surface area contributed by atoms with Crippen molar-refractivity contribution in [2.24, 2.45) is 0 Å². The number of carboxylic acid groups (broad SMARTS) is 1. The normalized spacial score (nSPS) is 11.8. The van der Waals surface area contributed by atoms with E-state index in [1.54, 1.807) is 0 Å². The summed E-state index contributed by atoms with van der Waals surface area (Å²) >= 11 is 0. The summed E-state index contributed by atoms with van der Waals surface area (Å²) in [5, 5.41) is 9.60. The summed E-state index contributed by atoms with van der Waals surface area (Å²) in [6, 6.07) is 9.17. The molecule has 1 aromatic rings. The Morgan fingerprint density at radius 3 is 2.50 bits per heavy atom. The Morgan fingerprint density at radius 1 is 1.15 bits per heavy atom. The third-order valence-corrected chi connectivity index (χ3v) is 3.71. The minimum absolute atomic E-state index is 0.126. The third-order valence-electron chi connectivity index (χ3n) is 2.61. The van der Waals surface area contributed by atoms with Gasteiger partial charge in [-0.15, -0.1) is 0 Å². The van der Waals surface area contributed by atoms with Crippen molar-refractivity contribution in [3.63, 3.8) is 0 Å². The Kier molecular flexibility index (Phi) is 6.97. The fourth-order valence-electron chi connectivity index (χ4n) is 1.57. The molecule has 20 heavy (non-hydrogen) atoms. The van der Waals surface area contributed by atoms with Crippen LogP contribution < -0.4 is 4.72 Å². The maximum absolute atomic E-state index is 11.7. The average molecular weight is 297 g/mol. The minimum Gasteiger partial charge on any atom is -0.481 e. The van der Waals surface area contributed by atoms with Crippen LogP contribution in [0.4, 0.5) is 0 Å². The van der Waals surface area contributed by atoms with Crippen LogP contribution in [0.15, 0.2) is 35.7 Å². The van der Waals surface area contributed by atoms with Gasteiger partial charge in [-0.3, -0.25) is 4.79 Å². The lowest BCUT2D eigenvalue weighted by atomic mass is 10.2. The molecular weight excluding hydrogens is 278 g/mol. The van der Waals surface area contributed by atoms with Crippen LogP contribution >= 0.6 is 0 Å². The first kappa shape index (κ1) is 16.4. The van der Waals surface area contributed by atoms with E-state index in [9.17, 15) is 13.2 Å². The number of unbranched alkanes of at least 4 members (excludes halogenated alkanes) is 2. The molecule has 0 bridgehead atoms. The van der Waals surface area contributed by atoms with Gasteiger partial charge < -0.3 is 5.11 Å². The van der Waals surface area contributed by atoms with Gasteiger partial charge in [0.25, 0.3) is 0 Å². The average Bonchev–Trinajstić information content (AvgIpc) is 2.41. The topological polar surface area (TPSA) is 83.5 Å². The van der Waals surface area contributed by atoms with E-state index in [1.807, 2.05) is 30.3 Å². The highest BCUT2D eigenvalue weighted by molar-refractivity contribution is 7.92. The van der Waals surface area contributed by atoms with Crippen molar-refractivity contribution < 1.29 is 18.3 Å². The number of sulfonamides is 1. The fourth-order valence-corrected chi connectivity index (χ4v) is 2.43. The van der Waals surface area contributed by atoms with E-state index in [4.69, 9.17) is 5.11 Å². The van der Waals surface area contributed by atoms with E-state index in [0.717, 1.165) is 11.0 Å². The molecule has 0 saturated carbocycles. The second-order valence-electron chi connectivity index (χ2n) is 4.36. The molecule has 0 radical (unpaired) electrons. The summed E-state index contributed by atoms with van der Waals surface area (Å²) in [6.07, 6.45) is 3.55. The highest BCUT2D eigenvalue weighted by Crippen LogP contribution is 2.03. The summed E-state index contributed by atoms with van der Waals surface area (Å²) in [5.41, 5.74) is 0.819. The van der Waals surface area contributed by atoms with Gasteiger partial charge in [-0.2, -0.15) is 0 Å². The van der Waals surface area contributed by atoms with E-state index < -0.39 is 16.0 Å². The van der Waals surface area contributed by atoms with Crippen molar-refractivity contribution in [1.82, 2.24) is 4.72 Å². The zero-order valence-corrected chi connectivity index (χ0v) is 12.0. The Bertz CT molecular complexity index is 538. The summed E-state index contributed by atoms with van der Waals surface area (Å²) in [6.45, 7) is 0.321. The Morgan fingerprint density at radius 2 is 1.85 bits per heavy atom. The lowest BCUT2D eigenvalue weighted by Crippen LogP contribution is -2.22. The summed E-state index contributed by atoms with van der Waals surface area (Å²) in [7, 11) is -3.43. The summed E-state index contributed by atoms with van der Waals surface area (Å²) in [4.78, 5) is 10.3. The highest BCUT2D eigenvalue weighted by atomic mass is 32.2. The van der Waals surface area contributed by atoms with E-state index in [2.05, 4.69) is 4.72 Å². The Hall–Kier alpha value is -1.66. The van der Waals surface area contributed by atoms with Crippen molar-refractivity contribution in [2.75, 3.05) is 6.54 Å². The first-order valence-electron chi connectivity index (χ1n) is 6.44. The molecule has 0 saturated heterocycles. The lowest BCUT2D eigenvalue weighted by molar-refractivity contribution is -0.137. The van der Waals surface area contributed by atoms with Crippen LogP contribution in [0.1, 0.15) is 31.2 Å². The second-order valence-corrected chi connectivity index (χ2v) is 6.01. The van der Waals surface area contributed by atoms with Crippen LogP contribution in [-0.2, 0) is 14.8 Å². The van der Waals surface area contributed by atoms with Crippen LogP contribution in [0.2, 0.25) is 0 Å². The number of benzene rings is 1. The van der Waals surface area contributed by atoms with Gasteiger partial charge in [0.05, 0.1) is 0 Å². The molecule has 110 valence electrons. The van der Waals surface area contributed by atoms with Crippen molar-refractivity contribution in [1.29, 1.82) is 0 Å². The number of rotatable bonds is 9. The van der Waals surface area contributed by atoms with Gasteiger partial charge in [0, 0.05) is 18.4 Å². The van der Waals surface area contributed by atoms with Crippen LogP contribution in [0.5, 0.6) is 0 Å². The van der Waals surface area contributed by atoms with Crippen molar-refractivity contribution in [2.45, 2.75) is 25.7 Å². The molecular formula is C14H19NO4S. The molecule has 0 aliphatic carbocycles. The van der Waals surface area contributed by atoms with Crippen LogP contribution in [0, 0.1) is 0 Å². The highest BCUT2D eigenvalue weighted by Gasteiger charge is 2.04. The molecule has 5 nitrogen and oxygen atoms in total. The van der Waals surface area contributed by atoms with E-state index in [1.165, 1.54) is 6.08 Å². The number of carbonyl (C=O) groups is 1. The van der Waals surface area contributed by atoms with Crippen LogP contribution in [0.25, 0.3) is 6.08 Å². The Labute approximate surface area is 119 Å². The van der Waals surface area contributed by atoms with Gasteiger partial charge in [-0.1, -0.05) is 36.8 Å². The number of hydrogen-bond acceptors (Lipinski definition) is 3. The lowest BCUT2D eigenvalue weighted by Gasteiger charge is -2.02. The van der Waals surface area contributed by atoms with Crippen molar-refractivity contribution in [3.8, 4) is 0 Å². The standard InChI is InChI=1S/C14H19NO4S/c16-14(17)9-5-2-6-11-15-20(18,19)12-10-13-7-3-1-4-8-13/h1,3-4,7-8,10,12,15H,2,5-6,9,11H2,(H,16,17)/b12-10+. The first-order chi connectivity index (χ1) is 9.49. The monoisotopic (exact) mass is 297 g/mol. The zero-order valence-electron chi connectivity index (χ0n) is 11.2. The molecule has 0 fully saturated rings. The van der Waals surface area contributed by atoms with E-state index in [0.29, 0.717) is 25.8 Å². The predicted molar refractivity (Wildman–Crippen MR) is 78.5 cm³/mol. The molecule has 0 unspecified atom stereocenters. The predicted octanol–water partition coefficient (Wildman–Crippen LogP) is 2.22. The van der Waals surface area contributed by atoms with Gasteiger partial charge in [0.1, 0.15) is 0 Å². The first-order valence-corrected chi connectivity index (χ1v) is 7.99. The molecule has 6 heteroatoms. The summed E-state index contributed by atoms with van der Waals surface area (Å²) < 4.78 is 25.8. The molecule has 0 heterocycles. The molecule has 0 aliphatic heterocycles. The second kappa shape index (κ2) is 8.50. The zero-order chi connectivity index (χ0) is 14.8. The molecule has 0 atom stereocenters. The minimum atomic E-state index is -3.43. The molecule has 0 aromatic heterocycles. The van der Waals surface area contributed by atoms with Gasteiger partial charge >= 0.3 is 5.97 Å². The fraction of sp³-hybridized carbons (Fsp3) is 0.357. The molecule has 1 rings (SSSR count). The molecule has 1 aromatic carbocycles. The number of nitrogens with one attached hydrogen (secondary N) is 1. The molecule has 0 spiro atoms. The molecule has 0 amide bonds. The SMILES string of the molecule is O=C(O)CCCCCNS(=O)(=O)/C=C/c1ccccc1. The quantitative estimate of drug-likeness (QED) is 0.685. The van der Waals surface area contributed by atoms with Gasteiger partial charge in [-0.05, 0) is 24.5 Å². The van der Waals surface area contributed by atoms with E-state index in [-0.39, 0.29) is 6.42 Å². The maximum atomic E-state index is 11.7. The smallest absolute Gasteiger partial charge is 0.303 e. The van der Waals surface area contributed by atoms with Crippen molar-refractivity contribution in [3.05, 3.63) is 41.3 Å². The van der Waals surface area contributed by atoms with Crippen LogP contribution in [-0.4, -0.2) is 26.0 Å². The van der Waals surface area contributed by atoms with Gasteiger partial charge in [0.2, 0.25) is 10.0 Å². The van der Waals surface area contributed by atoms with Gasteiger partial charge in [-0.25, -0.2) is 13.1 Å². The largest absolute Gasteiger partial charge is 0.481 e. The molecule has 2 N–H and O–H groups in total. The number of carboxylic acids is 1. The summed E-state index contributed by atoms with van der Waals surface area (Å²) in [5.74, 6) is -0.823. The number of hydrogen-bond donors (Lipinski definition) is 2. The molecule has 0 aliphatic rings. The van der Waals surface area contributed by atoms with Gasteiger partial charge in [0.15, 0.2) is 0 Å². The maximum Gasteiger partial charge on any atom is 0.303 e. The van der Waals surface area contributed by atoms with Crippen molar-refractivity contribution >= 4 is 22.1 Å².